The fraction of sp³-hybridized carbons (Fsp3) is 0.333. The van der Waals surface area contributed by atoms with Crippen LogP contribution in [0.15, 0.2) is 78.9 Å². The molecule has 6 heteroatoms. The van der Waals surface area contributed by atoms with Gasteiger partial charge in [0.05, 0.1) is 5.75 Å². The quantitative estimate of drug-likeness (QED) is 0.298. The Morgan fingerprint density at radius 3 is 2.25 bits per heavy atom. The van der Waals surface area contributed by atoms with E-state index >= 15 is 0 Å². The molecule has 1 N–H and O–H groups in total. The van der Waals surface area contributed by atoms with Crippen LogP contribution in [0.4, 0.5) is 0 Å². The van der Waals surface area contributed by atoms with Gasteiger partial charge in [-0.3, -0.25) is 9.59 Å². The van der Waals surface area contributed by atoms with Gasteiger partial charge in [0, 0.05) is 29.8 Å². The summed E-state index contributed by atoms with van der Waals surface area (Å²) in [6.07, 6.45) is 1.25. The van der Waals surface area contributed by atoms with E-state index in [2.05, 4.69) is 24.4 Å². The molecule has 36 heavy (non-hydrogen) atoms. The highest BCUT2D eigenvalue weighted by molar-refractivity contribution is 7.99. The van der Waals surface area contributed by atoms with Gasteiger partial charge in [0.1, 0.15) is 6.04 Å². The highest BCUT2D eigenvalue weighted by Gasteiger charge is 2.31. The van der Waals surface area contributed by atoms with Crippen molar-refractivity contribution < 1.29 is 9.59 Å². The summed E-state index contributed by atoms with van der Waals surface area (Å²) in [7, 11) is 0. The predicted molar refractivity (Wildman–Crippen MR) is 151 cm³/mol. The molecule has 3 aromatic rings. The lowest BCUT2D eigenvalue weighted by atomic mass is 10.0. The van der Waals surface area contributed by atoms with Gasteiger partial charge < -0.3 is 10.2 Å². The third-order valence-electron chi connectivity index (χ3n) is 6.32. The molecule has 2 amide bonds. The number of amides is 2. The number of nitrogens with zero attached hydrogens (tertiary/aromatic N) is 1. The van der Waals surface area contributed by atoms with Crippen molar-refractivity contribution in [2.75, 3.05) is 5.75 Å². The van der Waals surface area contributed by atoms with Crippen molar-refractivity contribution in [3.8, 4) is 0 Å². The van der Waals surface area contributed by atoms with Crippen LogP contribution >= 0.6 is 23.4 Å². The number of rotatable bonds is 12. The van der Waals surface area contributed by atoms with Crippen LogP contribution in [-0.4, -0.2) is 34.6 Å². The van der Waals surface area contributed by atoms with Gasteiger partial charge in [0.15, 0.2) is 0 Å². The normalized spacial score (nSPS) is 12.6. The zero-order valence-electron chi connectivity index (χ0n) is 21.2. The second-order valence-electron chi connectivity index (χ2n) is 9.06. The van der Waals surface area contributed by atoms with Crippen molar-refractivity contribution >= 4 is 35.2 Å². The van der Waals surface area contributed by atoms with E-state index in [4.69, 9.17) is 11.6 Å². The number of carbonyl (C=O) groups excluding carboxylic acids is 2. The number of nitrogens with one attached hydrogen (secondary N) is 1. The molecule has 0 aliphatic rings. The molecule has 3 aromatic carbocycles. The number of hydrogen-bond donors (Lipinski definition) is 1. The maximum atomic E-state index is 13.7. The first-order valence-corrected chi connectivity index (χ1v) is 13.9. The first-order chi connectivity index (χ1) is 17.4. The molecule has 0 radical (unpaired) electrons. The van der Waals surface area contributed by atoms with Crippen LogP contribution in [-0.2, 0) is 28.3 Å². The summed E-state index contributed by atoms with van der Waals surface area (Å²) in [5, 5.41) is 3.69. The molecule has 0 aliphatic heterocycles. The van der Waals surface area contributed by atoms with Crippen molar-refractivity contribution in [3.05, 3.63) is 106 Å². The van der Waals surface area contributed by atoms with E-state index < -0.39 is 6.04 Å². The molecular weight excluding hydrogens is 488 g/mol. The van der Waals surface area contributed by atoms with E-state index in [1.54, 1.807) is 16.7 Å². The number of carbonyl (C=O) groups is 2. The Hall–Kier alpha value is -2.76. The van der Waals surface area contributed by atoms with Gasteiger partial charge in [-0.05, 0) is 48.6 Å². The summed E-state index contributed by atoms with van der Waals surface area (Å²) in [5.74, 6) is 0.799. The largest absolute Gasteiger partial charge is 0.352 e. The van der Waals surface area contributed by atoms with Gasteiger partial charge in [0.2, 0.25) is 11.8 Å². The number of benzene rings is 3. The second kappa shape index (κ2) is 14.1. The van der Waals surface area contributed by atoms with Crippen molar-refractivity contribution in [1.29, 1.82) is 0 Å². The van der Waals surface area contributed by atoms with Gasteiger partial charge >= 0.3 is 0 Å². The number of aryl methyl sites for hydroxylation is 1. The highest BCUT2D eigenvalue weighted by atomic mass is 35.5. The number of hydrogen-bond acceptors (Lipinski definition) is 3. The Labute approximate surface area is 224 Å². The van der Waals surface area contributed by atoms with E-state index in [0.717, 1.165) is 23.3 Å². The van der Waals surface area contributed by atoms with Gasteiger partial charge in [-0.1, -0.05) is 91.3 Å². The summed E-state index contributed by atoms with van der Waals surface area (Å²) >= 11 is 8.05. The summed E-state index contributed by atoms with van der Waals surface area (Å²) in [4.78, 5) is 28.9. The fourth-order valence-electron chi connectivity index (χ4n) is 3.91. The SMILES string of the molecule is CC[C@@H](C)NC(=O)[C@H](Cc1ccccc1)N(Cc1ccccc1Cl)C(=O)CSCc1ccccc1C. The molecule has 0 unspecified atom stereocenters. The van der Waals surface area contributed by atoms with E-state index in [-0.39, 0.29) is 30.2 Å². The van der Waals surface area contributed by atoms with Gasteiger partial charge in [-0.2, -0.15) is 0 Å². The van der Waals surface area contributed by atoms with Crippen molar-refractivity contribution in [1.82, 2.24) is 10.2 Å². The number of thioether (sulfide) groups is 1. The molecule has 0 saturated heterocycles. The van der Waals surface area contributed by atoms with Crippen molar-refractivity contribution in [2.24, 2.45) is 0 Å². The maximum Gasteiger partial charge on any atom is 0.243 e. The molecule has 0 spiro atoms. The Morgan fingerprint density at radius 1 is 0.944 bits per heavy atom. The molecule has 0 saturated carbocycles. The zero-order chi connectivity index (χ0) is 25.9. The van der Waals surface area contributed by atoms with Gasteiger partial charge in [-0.15, -0.1) is 11.8 Å². The van der Waals surface area contributed by atoms with E-state index in [0.29, 0.717) is 11.4 Å². The van der Waals surface area contributed by atoms with Crippen LogP contribution in [0.25, 0.3) is 0 Å². The van der Waals surface area contributed by atoms with E-state index in [1.165, 1.54) is 11.1 Å². The standard InChI is InChI=1S/C30H35ClN2O2S/c1-4-23(3)32-30(35)28(18-24-13-6-5-7-14-24)33(19-25-15-10-11-17-27(25)31)29(34)21-36-20-26-16-9-8-12-22(26)2/h5-17,23,28H,4,18-21H2,1-3H3,(H,32,35)/t23-,28+/m1/s1. The number of halogens is 1. The first-order valence-electron chi connectivity index (χ1n) is 12.4. The minimum Gasteiger partial charge on any atom is -0.352 e. The molecule has 0 heterocycles. The van der Waals surface area contributed by atoms with Crippen LogP contribution in [0, 0.1) is 6.92 Å². The molecule has 0 aliphatic carbocycles. The Bertz CT molecular complexity index is 1140. The Kier molecular flexibility index (Phi) is 10.9. The van der Waals surface area contributed by atoms with Crippen molar-refractivity contribution in [3.63, 3.8) is 0 Å². The lowest BCUT2D eigenvalue weighted by molar-refractivity contribution is -0.139. The minimum absolute atomic E-state index is 0.0171. The lowest BCUT2D eigenvalue weighted by Crippen LogP contribution is -2.52. The summed E-state index contributed by atoms with van der Waals surface area (Å²) in [6, 6.07) is 24.9. The Balaban J connectivity index is 1.87. The second-order valence-corrected chi connectivity index (χ2v) is 10.4. The molecule has 190 valence electrons. The maximum absolute atomic E-state index is 13.7. The van der Waals surface area contributed by atoms with Crippen LogP contribution < -0.4 is 5.32 Å². The molecule has 4 nitrogen and oxygen atoms in total. The zero-order valence-corrected chi connectivity index (χ0v) is 22.8. The average Bonchev–Trinajstić information content (AvgIpc) is 2.88. The molecule has 0 aromatic heterocycles. The molecule has 0 bridgehead atoms. The molecule has 2 atom stereocenters. The van der Waals surface area contributed by atoms with Crippen LogP contribution in [0.5, 0.6) is 0 Å². The monoisotopic (exact) mass is 522 g/mol. The minimum atomic E-state index is -0.649. The smallest absolute Gasteiger partial charge is 0.243 e. The van der Waals surface area contributed by atoms with E-state index in [9.17, 15) is 9.59 Å². The predicted octanol–water partition coefficient (Wildman–Crippen LogP) is 6.44. The summed E-state index contributed by atoms with van der Waals surface area (Å²) < 4.78 is 0. The first kappa shape index (κ1) is 27.8. The topological polar surface area (TPSA) is 49.4 Å². The van der Waals surface area contributed by atoms with Crippen LogP contribution in [0.3, 0.4) is 0 Å². The van der Waals surface area contributed by atoms with Gasteiger partial charge in [-0.25, -0.2) is 0 Å². The van der Waals surface area contributed by atoms with Crippen LogP contribution in [0.1, 0.15) is 42.5 Å². The summed E-state index contributed by atoms with van der Waals surface area (Å²) in [5.41, 5.74) is 4.25. The highest BCUT2D eigenvalue weighted by Crippen LogP contribution is 2.23. The van der Waals surface area contributed by atoms with Crippen molar-refractivity contribution in [2.45, 2.75) is 58.0 Å². The molecular formula is C30H35ClN2O2S. The average molecular weight is 523 g/mol. The third-order valence-corrected chi connectivity index (χ3v) is 7.65. The van der Waals surface area contributed by atoms with Gasteiger partial charge in [0.25, 0.3) is 0 Å². The Morgan fingerprint density at radius 2 is 1.58 bits per heavy atom. The fourth-order valence-corrected chi connectivity index (χ4v) is 5.09. The van der Waals surface area contributed by atoms with E-state index in [1.807, 2.05) is 80.6 Å². The lowest BCUT2D eigenvalue weighted by Gasteiger charge is -2.32. The molecule has 0 fully saturated rings. The third kappa shape index (κ3) is 8.14. The summed E-state index contributed by atoms with van der Waals surface area (Å²) in [6.45, 7) is 6.37. The van der Waals surface area contributed by atoms with Crippen LogP contribution in [0.2, 0.25) is 5.02 Å². The molecule has 3 rings (SSSR count).